The molecule has 0 bridgehead atoms. The fourth-order valence-corrected chi connectivity index (χ4v) is 1.19. The van der Waals surface area contributed by atoms with Gasteiger partial charge in [0.15, 0.2) is 0 Å². The van der Waals surface area contributed by atoms with Crippen LogP contribution in [0.4, 0.5) is 0 Å². The third-order valence-corrected chi connectivity index (χ3v) is 2.06. The number of alkyl halides is 1. The molecule has 1 unspecified atom stereocenters. The molecule has 0 aromatic heterocycles. The Labute approximate surface area is 78.5 Å². The molecule has 0 amide bonds. The van der Waals surface area contributed by atoms with Crippen molar-refractivity contribution < 1.29 is 14.8 Å². The van der Waals surface area contributed by atoms with Gasteiger partial charge in [0, 0.05) is 16.6 Å². The lowest BCUT2D eigenvalue weighted by Gasteiger charge is -2.16. The van der Waals surface area contributed by atoms with E-state index in [4.69, 9.17) is 16.7 Å². The molecular weight excluding hydrogens is 198 g/mol. The Balaban J connectivity index is 2.92. The first-order chi connectivity index (χ1) is 5.96. The van der Waals surface area contributed by atoms with Gasteiger partial charge in [0.2, 0.25) is 0 Å². The first-order valence-electron chi connectivity index (χ1n) is 3.41. The van der Waals surface area contributed by atoms with Crippen LogP contribution in [0.3, 0.4) is 0 Å². The van der Waals surface area contributed by atoms with E-state index in [0.717, 1.165) is 0 Å². The van der Waals surface area contributed by atoms with E-state index >= 15 is 0 Å². The minimum Gasteiger partial charge on any atom is -0.478 e. The zero-order valence-electron chi connectivity index (χ0n) is 6.44. The molecule has 1 aliphatic rings. The largest absolute Gasteiger partial charge is 0.478 e. The van der Waals surface area contributed by atoms with Crippen molar-refractivity contribution in [3.8, 4) is 0 Å². The van der Waals surface area contributed by atoms with Crippen molar-refractivity contribution in [2.24, 2.45) is 0 Å². The maximum absolute atomic E-state index is 10.5. The van der Waals surface area contributed by atoms with Gasteiger partial charge < -0.3 is 5.11 Å². The number of allylic oxidation sites excluding steroid dienone is 2. The maximum Gasteiger partial charge on any atom is 0.331 e. The zero-order valence-corrected chi connectivity index (χ0v) is 7.19. The number of aliphatic carboxylic acids is 1. The van der Waals surface area contributed by atoms with Gasteiger partial charge in [-0.15, -0.1) is 0 Å². The average Bonchev–Trinajstić information content (AvgIpc) is 2.04. The van der Waals surface area contributed by atoms with Crippen LogP contribution in [0.15, 0.2) is 23.8 Å². The number of rotatable bonds is 2. The van der Waals surface area contributed by atoms with Crippen LogP contribution in [0.5, 0.6) is 0 Å². The summed E-state index contributed by atoms with van der Waals surface area (Å²) in [6.45, 7) is 0. The van der Waals surface area contributed by atoms with Crippen LogP contribution >= 0.6 is 11.6 Å². The molecule has 1 aliphatic carbocycles. The van der Waals surface area contributed by atoms with Crippen LogP contribution in [0.2, 0.25) is 0 Å². The number of nitro groups is 1. The molecule has 70 valence electrons. The monoisotopic (exact) mass is 203 g/mol. The Morgan fingerprint density at radius 3 is 2.85 bits per heavy atom. The van der Waals surface area contributed by atoms with Crippen LogP contribution in [-0.4, -0.2) is 21.0 Å². The normalized spacial score (nSPS) is 26.7. The van der Waals surface area contributed by atoms with E-state index < -0.39 is 15.9 Å². The second-order valence-electron chi connectivity index (χ2n) is 2.61. The second-order valence-corrected chi connectivity index (χ2v) is 3.26. The van der Waals surface area contributed by atoms with Crippen molar-refractivity contribution in [1.29, 1.82) is 0 Å². The summed E-state index contributed by atoms with van der Waals surface area (Å²) in [6.07, 6.45) is 3.45. The Hall–Kier alpha value is -1.36. The lowest BCUT2D eigenvalue weighted by atomic mass is 10.0. The van der Waals surface area contributed by atoms with Crippen molar-refractivity contribution >= 4 is 17.6 Å². The minimum atomic E-state index is -1.80. The van der Waals surface area contributed by atoms with E-state index in [1.807, 2.05) is 0 Å². The first kappa shape index (κ1) is 9.73. The average molecular weight is 204 g/mol. The number of carboxylic acids is 1. The molecule has 1 N–H and O–H groups in total. The molecule has 0 saturated heterocycles. The number of carboxylic acid groups (broad SMARTS) is 1. The number of hydrogen-bond acceptors (Lipinski definition) is 3. The van der Waals surface area contributed by atoms with Crippen molar-refractivity contribution in [3.63, 3.8) is 0 Å². The molecule has 6 heteroatoms. The number of carbonyl (C=O) groups is 1. The van der Waals surface area contributed by atoms with Crippen molar-refractivity contribution in [2.45, 2.75) is 11.4 Å². The summed E-state index contributed by atoms with van der Waals surface area (Å²) in [6, 6.07) is 0. The van der Waals surface area contributed by atoms with Gasteiger partial charge in [-0.1, -0.05) is 12.2 Å². The molecule has 0 aromatic carbocycles. The third-order valence-electron chi connectivity index (χ3n) is 1.67. The number of halogens is 1. The molecule has 1 rings (SSSR count). The first-order valence-corrected chi connectivity index (χ1v) is 3.78. The lowest BCUT2D eigenvalue weighted by Crippen LogP contribution is -2.32. The molecule has 0 fully saturated rings. The molecule has 5 nitrogen and oxygen atoms in total. The molecule has 0 heterocycles. The van der Waals surface area contributed by atoms with E-state index in [-0.39, 0.29) is 12.0 Å². The van der Waals surface area contributed by atoms with Gasteiger partial charge in [-0.3, -0.25) is 10.1 Å². The topological polar surface area (TPSA) is 80.4 Å². The number of hydrogen-bond donors (Lipinski definition) is 1. The van der Waals surface area contributed by atoms with Gasteiger partial charge in [0.05, 0.1) is 6.42 Å². The summed E-state index contributed by atoms with van der Waals surface area (Å²) >= 11 is 5.56. The summed E-state index contributed by atoms with van der Waals surface area (Å²) in [4.78, 5) is 18.4. The zero-order chi connectivity index (χ0) is 10.1. The fraction of sp³-hybridized carbons (Fsp3) is 0.286. The number of nitrogens with zero attached hydrogens (tertiary/aromatic N) is 1. The Kier molecular flexibility index (Phi) is 2.38. The fourth-order valence-electron chi connectivity index (χ4n) is 0.969. The van der Waals surface area contributed by atoms with Crippen molar-refractivity contribution in [1.82, 2.24) is 0 Å². The molecular formula is C7H6ClNO4. The van der Waals surface area contributed by atoms with Crippen molar-refractivity contribution in [2.75, 3.05) is 0 Å². The SMILES string of the molecule is O=C(O)C1=CC=CC(Cl)([N+](=O)[O-])C1. The van der Waals surface area contributed by atoms with Gasteiger partial charge in [-0.25, -0.2) is 4.79 Å². The summed E-state index contributed by atoms with van der Waals surface area (Å²) in [5.74, 6) is -1.18. The maximum atomic E-state index is 10.5. The van der Waals surface area contributed by atoms with Gasteiger partial charge in [-0.2, -0.15) is 0 Å². The van der Waals surface area contributed by atoms with Crippen molar-refractivity contribution in [3.05, 3.63) is 33.9 Å². The Morgan fingerprint density at radius 2 is 2.38 bits per heavy atom. The van der Waals surface area contributed by atoms with E-state index in [0.29, 0.717) is 0 Å². The Bertz CT molecular complexity index is 322. The summed E-state index contributed by atoms with van der Waals surface area (Å²) in [5, 5.41) is 19.0. The predicted octanol–water partition coefficient (Wildman–Crippen LogP) is 1.17. The van der Waals surface area contributed by atoms with Gasteiger partial charge in [0.1, 0.15) is 0 Å². The molecule has 0 aromatic rings. The molecule has 0 spiro atoms. The highest BCUT2D eigenvalue weighted by molar-refractivity contribution is 6.24. The van der Waals surface area contributed by atoms with Gasteiger partial charge >= 0.3 is 11.0 Å². The highest BCUT2D eigenvalue weighted by atomic mass is 35.5. The Morgan fingerprint density at radius 1 is 1.77 bits per heavy atom. The van der Waals surface area contributed by atoms with E-state index in [9.17, 15) is 14.9 Å². The smallest absolute Gasteiger partial charge is 0.331 e. The molecule has 13 heavy (non-hydrogen) atoms. The highest BCUT2D eigenvalue weighted by Crippen LogP contribution is 2.30. The summed E-state index contributed by atoms with van der Waals surface area (Å²) in [5.41, 5.74) is -0.0609. The van der Waals surface area contributed by atoms with Crippen LogP contribution in [-0.2, 0) is 4.79 Å². The van der Waals surface area contributed by atoms with Crippen LogP contribution < -0.4 is 0 Å². The van der Waals surface area contributed by atoms with Gasteiger partial charge in [0.25, 0.3) is 0 Å². The van der Waals surface area contributed by atoms with E-state index in [1.54, 1.807) is 0 Å². The lowest BCUT2D eigenvalue weighted by molar-refractivity contribution is -0.527. The summed E-state index contributed by atoms with van der Waals surface area (Å²) in [7, 11) is 0. The molecule has 0 radical (unpaired) electrons. The second kappa shape index (κ2) is 3.18. The molecule has 0 aliphatic heterocycles. The highest BCUT2D eigenvalue weighted by Gasteiger charge is 2.41. The molecule has 1 atom stereocenters. The minimum absolute atomic E-state index is 0.0609. The third kappa shape index (κ3) is 1.86. The predicted molar refractivity (Wildman–Crippen MR) is 45.1 cm³/mol. The van der Waals surface area contributed by atoms with E-state index in [2.05, 4.69) is 0 Å². The van der Waals surface area contributed by atoms with Crippen LogP contribution in [0.25, 0.3) is 0 Å². The standard InChI is InChI=1S/C7H6ClNO4/c8-7(9(12)13)3-1-2-5(4-7)6(10)11/h1-3H,4H2,(H,10,11). The molecule has 0 saturated carbocycles. The van der Waals surface area contributed by atoms with E-state index in [1.165, 1.54) is 18.2 Å². The quantitative estimate of drug-likeness (QED) is 0.316. The van der Waals surface area contributed by atoms with Gasteiger partial charge in [-0.05, 0) is 11.6 Å². The van der Waals surface area contributed by atoms with Crippen LogP contribution in [0.1, 0.15) is 6.42 Å². The summed E-state index contributed by atoms with van der Waals surface area (Å²) < 4.78 is 0. The van der Waals surface area contributed by atoms with Crippen LogP contribution in [0, 0.1) is 10.1 Å².